The Bertz CT molecular complexity index is 730. The van der Waals surface area contributed by atoms with Crippen LogP contribution in [-0.2, 0) is 9.59 Å². The molecule has 0 aliphatic rings. The van der Waals surface area contributed by atoms with E-state index in [-0.39, 0.29) is 13.1 Å². The van der Waals surface area contributed by atoms with Gasteiger partial charge in [-0.3, -0.25) is 9.59 Å². The lowest BCUT2D eigenvalue weighted by atomic mass is 10.1. The van der Waals surface area contributed by atoms with Gasteiger partial charge in [-0.25, -0.2) is 18.0 Å². The molecule has 0 aliphatic carbocycles. The quantitative estimate of drug-likeness (QED) is 0.323. The van der Waals surface area contributed by atoms with Gasteiger partial charge in [-0.1, -0.05) is 31.9 Å². The number of anilines is 1. The zero-order chi connectivity index (χ0) is 20.7. The molecule has 0 saturated heterocycles. The summed E-state index contributed by atoms with van der Waals surface area (Å²) in [6.07, 6.45) is -0.990. The van der Waals surface area contributed by atoms with Crippen LogP contribution in [0.5, 0.6) is 0 Å². The van der Waals surface area contributed by atoms with Crippen molar-refractivity contribution < 1.29 is 37.8 Å². The second kappa shape index (κ2) is 10.5. The van der Waals surface area contributed by atoms with Gasteiger partial charge >= 0.3 is 11.9 Å². The highest BCUT2D eigenvalue weighted by Crippen LogP contribution is 2.28. The minimum absolute atomic E-state index is 0.157. The van der Waals surface area contributed by atoms with Crippen molar-refractivity contribution in [1.29, 1.82) is 0 Å². The van der Waals surface area contributed by atoms with Gasteiger partial charge in [0, 0.05) is 23.7 Å². The lowest BCUT2D eigenvalue weighted by Crippen LogP contribution is -2.42. The van der Waals surface area contributed by atoms with Crippen molar-refractivity contribution in [2.24, 2.45) is 0 Å². The fourth-order valence-corrected chi connectivity index (χ4v) is 3.05. The van der Waals surface area contributed by atoms with Crippen molar-refractivity contribution in [3.05, 3.63) is 29.1 Å². The van der Waals surface area contributed by atoms with Crippen LogP contribution >= 0.6 is 31.9 Å². The average Bonchev–Trinajstić information content (AvgIpc) is 2.57. The largest absolute Gasteiger partial charge is 0.481 e. The molecular formula is C15H15Br2F3N2O5. The maximum Gasteiger partial charge on any atom is 0.326 e. The number of rotatable bonds is 10. The average molecular weight is 520 g/mol. The molecule has 1 aromatic carbocycles. The van der Waals surface area contributed by atoms with Crippen LogP contribution in [0, 0.1) is 17.5 Å². The molecule has 150 valence electrons. The van der Waals surface area contributed by atoms with Crippen molar-refractivity contribution in [1.82, 2.24) is 5.32 Å². The minimum Gasteiger partial charge on any atom is -0.481 e. The molecule has 1 aromatic rings. The molecule has 0 bridgehead atoms. The van der Waals surface area contributed by atoms with Crippen LogP contribution in [0.25, 0.3) is 0 Å². The summed E-state index contributed by atoms with van der Waals surface area (Å²) in [4.78, 5) is 34.9. The van der Waals surface area contributed by atoms with Gasteiger partial charge in [-0.15, -0.1) is 0 Å². The van der Waals surface area contributed by atoms with Gasteiger partial charge in [0.2, 0.25) is 0 Å². The van der Waals surface area contributed by atoms with Crippen molar-refractivity contribution in [2.75, 3.05) is 28.6 Å². The first kappa shape index (κ1) is 23.2. The highest BCUT2D eigenvalue weighted by atomic mass is 79.9. The van der Waals surface area contributed by atoms with E-state index in [2.05, 4.69) is 31.9 Å². The summed E-state index contributed by atoms with van der Waals surface area (Å²) in [7, 11) is 0. The van der Waals surface area contributed by atoms with Crippen LogP contribution in [0.3, 0.4) is 0 Å². The zero-order valence-electron chi connectivity index (χ0n) is 13.6. The smallest absolute Gasteiger partial charge is 0.326 e. The van der Waals surface area contributed by atoms with Gasteiger partial charge in [0.25, 0.3) is 5.91 Å². The summed E-state index contributed by atoms with van der Waals surface area (Å²) < 4.78 is 43.1. The van der Waals surface area contributed by atoms with Gasteiger partial charge in [-0.05, 0) is 6.07 Å². The Morgan fingerprint density at radius 1 is 1.07 bits per heavy atom. The van der Waals surface area contributed by atoms with Crippen LogP contribution in [-0.4, -0.2) is 57.9 Å². The van der Waals surface area contributed by atoms with E-state index in [1.807, 2.05) is 0 Å². The molecule has 7 nitrogen and oxygen atoms in total. The van der Waals surface area contributed by atoms with Gasteiger partial charge < -0.3 is 20.4 Å². The van der Waals surface area contributed by atoms with Crippen molar-refractivity contribution >= 4 is 55.4 Å². The Kier molecular flexibility index (Phi) is 9.03. The number of carboxylic acids is 2. The molecule has 0 aromatic heterocycles. The van der Waals surface area contributed by atoms with E-state index in [1.165, 1.54) is 4.90 Å². The van der Waals surface area contributed by atoms with Crippen molar-refractivity contribution in [2.45, 2.75) is 12.5 Å². The Balaban J connectivity index is 3.25. The number of alkyl halides is 2. The molecule has 0 saturated carbocycles. The van der Waals surface area contributed by atoms with Crippen LogP contribution in [0.4, 0.5) is 18.9 Å². The lowest BCUT2D eigenvalue weighted by molar-refractivity contribution is -0.145. The van der Waals surface area contributed by atoms with Crippen molar-refractivity contribution in [3.63, 3.8) is 0 Å². The molecule has 0 spiro atoms. The third-order valence-electron chi connectivity index (χ3n) is 3.39. The Morgan fingerprint density at radius 2 is 1.63 bits per heavy atom. The summed E-state index contributed by atoms with van der Waals surface area (Å²) in [6.45, 7) is 0.314. The summed E-state index contributed by atoms with van der Waals surface area (Å²) >= 11 is 6.24. The van der Waals surface area contributed by atoms with E-state index < -0.39 is 59.0 Å². The summed E-state index contributed by atoms with van der Waals surface area (Å²) in [6, 6.07) is -1.45. The van der Waals surface area contributed by atoms with E-state index in [9.17, 15) is 27.6 Å². The number of nitrogens with zero attached hydrogens (tertiary/aromatic N) is 1. The highest BCUT2D eigenvalue weighted by molar-refractivity contribution is 9.09. The van der Waals surface area contributed by atoms with Gasteiger partial charge in [0.1, 0.15) is 11.7 Å². The first-order valence-corrected chi connectivity index (χ1v) is 9.68. The summed E-state index contributed by atoms with van der Waals surface area (Å²) in [5.74, 6) is -9.16. The number of aliphatic carboxylic acids is 2. The van der Waals surface area contributed by atoms with Gasteiger partial charge in [0.15, 0.2) is 17.5 Å². The fraction of sp³-hybridized carbons (Fsp3) is 0.400. The molecule has 3 N–H and O–H groups in total. The molecule has 0 heterocycles. The molecule has 1 amide bonds. The molecule has 1 unspecified atom stereocenters. The number of carbonyl (C=O) groups excluding carboxylic acids is 1. The first-order valence-electron chi connectivity index (χ1n) is 7.43. The van der Waals surface area contributed by atoms with E-state index in [0.29, 0.717) is 16.7 Å². The maximum absolute atomic E-state index is 14.4. The molecule has 0 aliphatic heterocycles. The third kappa shape index (κ3) is 6.09. The first-order chi connectivity index (χ1) is 12.6. The molecule has 0 radical (unpaired) electrons. The Morgan fingerprint density at radius 3 is 2.07 bits per heavy atom. The standard InChI is InChI=1S/C15H15Br2F3N2O5/c16-1-3-22(4-2-17)13-8(18)5-7(11(19)12(13)20)14(25)21-9(15(26)27)6-10(23)24/h5,9H,1-4,6H2,(H,21,25)(H,23,24)(H,26,27). The fourth-order valence-electron chi connectivity index (χ4n) is 2.19. The number of amides is 1. The Hall–Kier alpha value is -1.82. The number of hydrogen-bond donors (Lipinski definition) is 3. The Labute approximate surface area is 168 Å². The van der Waals surface area contributed by atoms with Gasteiger partial charge in [0.05, 0.1) is 12.0 Å². The number of halogens is 5. The van der Waals surface area contributed by atoms with Crippen LogP contribution in [0.1, 0.15) is 16.8 Å². The highest BCUT2D eigenvalue weighted by Gasteiger charge is 2.29. The predicted octanol–water partition coefficient (Wildman–Crippen LogP) is 2.36. The molecule has 12 heteroatoms. The van der Waals surface area contributed by atoms with E-state index in [4.69, 9.17) is 10.2 Å². The number of benzene rings is 1. The van der Waals surface area contributed by atoms with Gasteiger partial charge in [-0.2, -0.15) is 0 Å². The zero-order valence-corrected chi connectivity index (χ0v) is 16.8. The molecule has 0 fully saturated rings. The third-order valence-corrected chi connectivity index (χ3v) is 4.10. The normalized spacial score (nSPS) is 11.7. The molecule has 27 heavy (non-hydrogen) atoms. The summed E-state index contributed by atoms with van der Waals surface area (Å²) in [5.41, 5.74) is -1.73. The van der Waals surface area contributed by atoms with Crippen LogP contribution in [0.15, 0.2) is 6.07 Å². The summed E-state index contributed by atoms with van der Waals surface area (Å²) in [5, 5.41) is 20.0. The lowest BCUT2D eigenvalue weighted by Gasteiger charge is -2.24. The van der Waals surface area contributed by atoms with Crippen LogP contribution < -0.4 is 10.2 Å². The second-order valence-electron chi connectivity index (χ2n) is 5.21. The second-order valence-corrected chi connectivity index (χ2v) is 6.80. The van der Waals surface area contributed by atoms with Crippen molar-refractivity contribution in [3.8, 4) is 0 Å². The minimum atomic E-state index is -1.89. The number of carboxylic acid groups (broad SMARTS) is 2. The number of carbonyl (C=O) groups is 3. The van der Waals surface area contributed by atoms with E-state index in [0.717, 1.165) is 0 Å². The SMILES string of the molecule is O=C(O)CC(NC(=O)c1cc(F)c(N(CCBr)CCBr)c(F)c1F)C(=O)O. The monoisotopic (exact) mass is 518 g/mol. The van der Waals surface area contributed by atoms with E-state index in [1.54, 1.807) is 5.32 Å². The molecule has 1 atom stereocenters. The number of hydrogen-bond acceptors (Lipinski definition) is 4. The molecular weight excluding hydrogens is 505 g/mol. The predicted molar refractivity (Wildman–Crippen MR) is 97.3 cm³/mol. The molecule has 1 rings (SSSR count). The number of nitrogens with one attached hydrogen (secondary N) is 1. The van der Waals surface area contributed by atoms with Crippen LogP contribution in [0.2, 0.25) is 0 Å². The van der Waals surface area contributed by atoms with E-state index >= 15 is 0 Å². The topological polar surface area (TPSA) is 107 Å². The maximum atomic E-state index is 14.4.